The minimum Gasteiger partial charge on any atom is -0.341 e. The number of anilines is 2. The molecule has 6 heteroatoms. The van der Waals surface area contributed by atoms with Crippen LogP contribution in [0.25, 0.3) is 0 Å². The zero-order valence-electron chi connectivity index (χ0n) is 15.8. The SMILES string of the molecule is Cc1ccc(NC(=O)CN2CCC(N(C)c3ncc(C)cn3)CC2)cc1. The minimum atomic E-state index is 0.0440. The Kier molecular flexibility index (Phi) is 5.83. The average Bonchev–Trinajstić information content (AvgIpc) is 2.64. The highest BCUT2D eigenvalue weighted by Crippen LogP contribution is 2.19. The van der Waals surface area contributed by atoms with Crippen molar-refractivity contribution in [3.05, 3.63) is 47.8 Å². The Balaban J connectivity index is 1.46. The number of aryl methyl sites for hydroxylation is 2. The molecule has 0 aliphatic carbocycles. The lowest BCUT2D eigenvalue weighted by molar-refractivity contribution is -0.117. The Hall–Kier alpha value is -2.47. The van der Waals surface area contributed by atoms with Gasteiger partial charge in [-0.1, -0.05) is 17.7 Å². The maximum atomic E-state index is 12.3. The number of nitrogens with one attached hydrogen (secondary N) is 1. The van der Waals surface area contributed by atoms with Gasteiger partial charge >= 0.3 is 0 Å². The number of aromatic nitrogens is 2. The zero-order valence-corrected chi connectivity index (χ0v) is 15.8. The third-order valence-electron chi connectivity index (χ3n) is 4.89. The third-order valence-corrected chi connectivity index (χ3v) is 4.89. The van der Waals surface area contributed by atoms with Gasteiger partial charge in [0.25, 0.3) is 0 Å². The molecule has 1 aliphatic rings. The summed E-state index contributed by atoms with van der Waals surface area (Å²) in [5, 5.41) is 2.97. The molecule has 1 amide bonds. The molecule has 1 N–H and O–H groups in total. The van der Waals surface area contributed by atoms with Crippen LogP contribution in [0.15, 0.2) is 36.7 Å². The second-order valence-electron chi connectivity index (χ2n) is 7.09. The minimum absolute atomic E-state index is 0.0440. The molecule has 1 aromatic heterocycles. The molecule has 3 rings (SSSR count). The van der Waals surface area contributed by atoms with Crippen molar-refractivity contribution in [2.75, 3.05) is 36.9 Å². The van der Waals surface area contributed by atoms with E-state index in [2.05, 4.69) is 32.1 Å². The lowest BCUT2D eigenvalue weighted by Crippen LogP contribution is -2.46. The molecule has 0 bridgehead atoms. The number of hydrogen-bond donors (Lipinski definition) is 1. The lowest BCUT2D eigenvalue weighted by atomic mass is 10.0. The summed E-state index contributed by atoms with van der Waals surface area (Å²) < 4.78 is 0. The molecule has 0 saturated carbocycles. The number of carbonyl (C=O) groups is 1. The number of hydrogen-bond acceptors (Lipinski definition) is 5. The standard InChI is InChI=1S/C20H27N5O/c1-15-4-6-17(7-5-15)23-19(26)14-25-10-8-18(9-11-25)24(3)20-21-12-16(2)13-22-20/h4-7,12-13,18H,8-11,14H2,1-3H3,(H,23,26). The van der Waals surface area contributed by atoms with E-state index in [0.717, 1.165) is 43.1 Å². The molecule has 1 aromatic carbocycles. The van der Waals surface area contributed by atoms with Crippen molar-refractivity contribution in [2.24, 2.45) is 0 Å². The lowest BCUT2D eigenvalue weighted by Gasteiger charge is -2.36. The number of benzene rings is 1. The first kappa shape index (κ1) is 18.3. The fourth-order valence-corrected chi connectivity index (χ4v) is 3.24. The van der Waals surface area contributed by atoms with Crippen molar-refractivity contribution in [1.29, 1.82) is 0 Å². The van der Waals surface area contributed by atoms with Crippen LogP contribution in [-0.2, 0) is 4.79 Å². The van der Waals surface area contributed by atoms with E-state index < -0.39 is 0 Å². The van der Waals surface area contributed by atoms with E-state index >= 15 is 0 Å². The molecule has 2 aromatic rings. The summed E-state index contributed by atoms with van der Waals surface area (Å²) in [6.07, 6.45) is 5.71. The first-order chi connectivity index (χ1) is 12.5. The predicted molar refractivity (Wildman–Crippen MR) is 104 cm³/mol. The van der Waals surface area contributed by atoms with Gasteiger partial charge in [0.05, 0.1) is 6.54 Å². The quantitative estimate of drug-likeness (QED) is 0.895. The first-order valence-electron chi connectivity index (χ1n) is 9.11. The molecule has 26 heavy (non-hydrogen) atoms. The van der Waals surface area contributed by atoms with Crippen molar-refractivity contribution in [3.8, 4) is 0 Å². The molecule has 1 saturated heterocycles. The summed E-state index contributed by atoms with van der Waals surface area (Å²) in [7, 11) is 2.05. The van der Waals surface area contributed by atoms with Gasteiger partial charge in [-0.15, -0.1) is 0 Å². The Morgan fingerprint density at radius 3 is 2.35 bits per heavy atom. The van der Waals surface area contributed by atoms with E-state index in [0.29, 0.717) is 12.6 Å². The molecule has 0 unspecified atom stereocenters. The molecular formula is C20H27N5O. The van der Waals surface area contributed by atoms with Gasteiger partial charge in [-0.2, -0.15) is 0 Å². The third kappa shape index (κ3) is 4.79. The maximum absolute atomic E-state index is 12.3. The van der Waals surface area contributed by atoms with E-state index in [9.17, 15) is 4.79 Å². The monoisotopic (exact) mass is 353 g/mol. The van der Waals surface area contributed by atoms with Crippen molar-refractivity contribution in [3.63, 3.8) is 0 Å². The molecule has 2 heterocycles. The van der Waals surface area contributed by atoms with Gasteiger partial charge in [0, 0.05) is 44.3 Å². The summed E-state index contributed by atoms with van der Waals surface area (Å²) in [5.74, 6) is 0.814. The van der Waals surface area contributed by atoms with Gasteiger partial charge < -0.3 is 10.2 Å². The molecule has 1 fully saturated rings. The number of piperidine rings is 1. The van der Waals surface area contributed by atoms with Crippen LogP contribution < -0.4 is 10.2 Å². The summed E-state index contributed by atoms with van der Waals surface area (Å²) >= 11 is 0. The second kappa shape index (κ2) is 8.27. The first-order valence-corrected chi connectivity index (χ1v) is 9.11. The Labute approximate surface area is 155 Å². The van der Waals surface area contributed by atoms with Crippen LogP contribution in [-0.4, -0.2) is 53.5 Å². The Morgan fingerprint density at radius 2 is 1.73 bits per heavy atom. The highest BCUT2D eigenvalue weighted by Gasteiger charge is 2.24. The van der Waals surface area contributed by atoms with Crippen LogP contribution in [0.5, 0.6) is 0 Å². The summed E-state index contributed by atoms with van der Waals surface area (Å²) in [6.45, 7) is 6.27. The largest absolute Gasteiger partial charge is 0.341 e. The van der Waals surface area contributed by atoms with Gasteiger partial charge in [0.15, 0.2) is 0 Å². The van der Waals surface area contributed by atoms with E-state index in [-0.39, 0.29) is 5.91 Å². The van der Waals surface area contributed by atoms with Gasteiger partial charge in [-0.05, 0) is 44.4 Å². The fourth-order valence-electron chi connectivity index (χ4n) is 3.24. The van der Waals surface area contributed by atoms with Crippen LogP contribution in [0.4, 0.5) is 11.6 Å². The van der Waals surface area contributed by atoms with Crippen LogP contribution in [0.1, 0.15) is 24.0 Å². The average molecular weight is 353 g/mol. The van der Waals surface area contributed by atoms with Crippen molar-refractivity contribution in [2.45, 2.75) is 32.7 Å². The highest BCUT2D eigenvalue weighted by atomic mass is 16.2. The van der Waals surface area contributed by atoms with Crippen LogP contribution in [0.2, 0.25) is 0 Å². The smallest absolute Gasteiger partial charge is 0.238 e. The topological polar surface area (TPSA) is 61.4 Å². The van der Waals surface area contributed by atoms with E-state index in [1.807, 2.05) is 50.5 Å². The normalized spacial score (nSPS) is 15.7. The predicted octanol–water partition coefficient (Wildman–Crippen LogP) is 2.63. The molecule has 0 radical (unpaired) electrons. The van der Waals surface area contributed by atoms with Gasteiger partial charge in [0.1, 0.15) is 0 Å². The summed E-state index contributed by atoms with van der Waals surface area (Å²) in [5.41, 5.74) is 3.11. The molecular weight excluding hydrogens is 326 g/mol. The summed E-state index contributed by atoms with van der Waals surface area (Å²) in [6, 6.07) is 8.30. The Morgan fingerprint density at radius 1 is 1.12 bits per heavy atom. The van der Waals surface area contributed by atoms with Crippen molar-refractivity contribution in [1.82, 2.24) is 14.9 Å². The van der Waals surface area contributed by atoms with Crippen molar-refractivity contribution >= 4 is 17.5 Å². The molecule has 6 nitrogen and oxygen atoms in total. The van der Waals surface area contributed by atoms with E-state index in [4.69, 9.17) is 0 Å². The number of likely N-dealkylation sites (tertiary alicyclic amines) is 1. The molecule has 0 atom stereocenters. The van der Waals surface area contributed by atoms with Crippen LogP contribution in [0, 0.1) is 13.8 Å². The number of amides is 1. The van der Waals surface area contributed by atoms with Crippen molar-refractivity contribution < 1.29 is 4.79 Å². The number of nitrogens with zero attached hydrogens (tertiary/aromatic N) is 4. The van der Waals surface area contributed by atoms with Crippen LogP contribution >= 0.6 is 0 Å². The second-order valence-corrected chi connectivity index (χ2v) is 7.09. The molecule has 1 aliphatic heterocycles. The Bertz CT molecular complexity index is 721. The van der Waals surface area contributed by atoms with Gasteiger partial charge in [-0.25, -0.2) is 9.97 Å². The molecule has 0 spiro atoms. The maximum Gasteiger partial charge on any atom is 0.238 e. The van der Waals surface area contributed by atoms with E-state index in [1.54, 1.807) is 0 Å². The van der Waals surface area contributed by atoms with E-state index in [1.165, 1.54) is 5.56 Å². The van der Waals surface area contributed by atoms with Gasteiger partial charge in [-0.3, -0.25) is 9.69 Å². The van der Waals surface area contributed by atoms with Gasteiger partial charge in [0.2, 0.25) is 11.9 Å². The molecule has 138 valence electrons. The summed E-state index contributed by atoms with van der Waals surface area (Å²) in [4.78, 5) is 25.4. The van der Waals surface area contributed by atoms with Crippen LogP contribution in [0.3, 0.4) is 0 Å². The number of rotatable bonds is 5. The zero-order chi connectivity index (χ0) is 18.5. The fraction of sp³-hybridized carbons (Fsp3) is 0.450. The highest BCUT2D eigenvalue weighted by molar-refractivity contribution is 5.92. The number of carbonyl (C=O) groups excluding carboxylic acids is 1.